The predicted molar refractivity (Wildman–Crippen MR) is 187 cm³/mol. The molecule has 6 N–H and O–H groups in total. The summed E-state index contributed by atoms with van der Waals surface area (Å²) in [5.41, 5.74) is 13.8. The van der Waals surface area contributed by atoms with E-state index in [0.717, 1.165) is 11.1 Å². The number of aryl methyl sites for hydroxylation is 2. The van der Waals surface area contributed by atoms with Crippen LogP contribution in [-0.2, 0) is 0 Å². The Kier molecular flexibility index (Phi) is 10.7. The number of anilines is 2. The molecule has 0 unspecified atom stereocenters. The van der Waals surface area contributed by atoms with E-state index in [9.17, 15) is 28.8 Å². The molecule has 12 heteroatoms. The number of amides is 6. The highest BCUT2D eigenvalue weighted by molar-refractivity contribution is 6.07. The molecule has 0 radical (unpaired) electrons. The van der Waals surface area contributed by atoms with E-state index in [1.807, 2.05) is 38.1 Å². The molecule has 0 saturated heterocycles. The van der Waals surface area contributed by atoms with Crippen molar-refractivity contribution in [1.82, 2.24) is 21.7 Å². The van der Waals surface area contributed by atoms with E-state index in [2.05, 4.69) is 32.3 Å². The maximum absolute atomic E-state index is 12.6. The van der Waals surface area contributed by atoms with E-state index in [1.54, 1.807) is 48.5 Å². The summed E-state index contributed by atoms with van der Waals surface area (Å²) in [5, 5.41) is 5.56. The molecule has 0 aliphatic heterocycles. The summed E-state index contributed by atoms with van der Waals surface area (Å²) in [6.45, 7) is 3.68. The van der Waals surface area contributed by atoms with Crippen molar-refractivity contribution < 1.29 is 28.8 Å². The summed E-state index contributed by atoms with van der Waals surface area (Å²) in [7, 11) is 0. The lowest BCUT2D eigenvalue weighted by Gasteiger charge is -2.11. The van der Waals surface area contributed by atoms with Crippen molar-refractivity contribution in [1.29, 1.82) is 0 Å². The second kappa shape index (κ2) is 15.7. The minimum atomic E-state index is -0.626. The Bertz CT molecular complexity index is 1930. The van der Waals surface area contributed by atoms with Crippen LogP contribution in [0.2, 0.25) is 0 Å². The van der Waals surface area contributed by atoms with Crippen molar-refractivity contribution in [2.24, 2.45) is 0 Å². The zero-order valence-electron chi connectivity index (χ0n) is 27.0. The zero-order chi connectivity index (χ0) is 35.6. The fraction of sp³-hybridized carbons (Fsp3) is 0.0526. The number of hydrogen-bond donors (Lipinski definition) is 6. The lowest BCUT2D eigenvalue weighted by Crippen LogP contribution is -2.42. The predicted octanol–water partition coefficient (Wildman–Crippen LogP) is 4.96. The van der Waals surface area contributed by atoms with Crippen LogP contribution in [0, 0.1) is 13.8 Å². The van der Waals surface area contributed by atoms with Gasteiger partial charge in [0.25, 0.3) is 35.4 Å². The molecule has 12 nitrogen and oxygen atoms in total. The largest absolute Gasteiger partial charge is 0.322 e. The Labute approximate surface area is 287 Å². The van der Waals surface area contributed by atoms with Crippen molar-refractivity contribution >= 4 is 46.8 Å². The van der Waals surface area contributed by atoms with Gasteiger partial charge in [-0.05, 0) is 110 Å². The van der Waals surface area contributed by atoms with Gasteiger partial charge in [-0.1, -0.05) is 36.4 Å². The Balaban J connectivity index is 1.06. The Morgan fingerprint density at radius 3 is 0.880 bits per heavy atom. The van der Waals surface area contributed by atoms with E-state index in [-0.39, 0.29) is 34.1 Å². The van der Waals surface area contributed by atoms with Crippen molar-refractivity contribution in [3.05, 3.63) is 166 Å². The first-order valence-corrected chi connectivity index (χ1v) is 15.3. The quantitative estimate of drug-likeness (QED) is 0.128. The Hall–Kier alpha value is -7.08. The lowest BCUT2D eigenvalue weighted by atomic mass is 10.1. The SMILES string of the molecule is Cc1ccccc1C(=O)Nc1ccc(C(=O)NNC(=O)c2ccc(C(=O)NNC(=O)c3ccc(NC(=O)c4ccccc4C)cc3)cc2)cc1. The van der Waals surface area contributed by atoms with Crippen LogP contribution in [0.4, 0.5) is 11.4 Å². The standard InChI is InChI=1S/C38H32N6O6/c1-23-7-3-5-9-31(23)37(49)39-29-19-15-27(16-20-29)35(47)43-41-33(45)25-11-13-26(14-12-25)34(46)42-44-36(48)28-17-21-30(22-18-28)40-38(50)32-10-6-4-8-24(32)2/h3-22H,1-2H3,(H,39,49)(H,40,50)(H,41,45)(H,42,46)(H,43,47)(H,44,48). The first kappa shape index (κ1) is 34.3. The van der Waals surface area contributed by atoms with Crippen LogP contribution in [0.15, 0.2) is 121 Å². The third-order valence-electron chi connectivity index (χ3n) is 7.58. The number of carbonyl (C=O) groups excluding carboxylic acids is 6. The topological polar surface area (TPSA) is 175 Å². The molecule has 0 bridgehead atoms. The summed E-state index contributed by atoms with van der Waals surface area (Å²) >= 11 is 0. The van der Waals surface area contributed by atoms with Gasteiger partial charge in [-0.2, -0.15) is 0 Å². The molecule has 0 spiro atoms. The third-order valence-corrected chi connectivity index (χ3v) is 7.58. The van der Waals surface area contributed by atoms with Crippen LogP contribution in [0.25, 0.3) is 0 Å². The fourth-order valence-electron chi connectivity index (χ4n) is 4.75. The zero-order valence-corrected chi connectivity index (χ0v) is 27.0. The maximum atomic E-state index is 12.6. The molecule has 250 valence electrons. The van der Waals surface area contributed by atoms with Gasteiger partial charge in [-0.25, -0.2) is 0 Å². The Morgan fingerprint density at radius 1 is 0.340 bits per heavy atom. The van der Waals surface area contributed by atoms with Crippen molar-refractivity contribution in [2.75, 3.05) is 10.6 Å². The van der Waals surface area contributed by atoms with Gasteiger partial charge in [0.05, 0.1) is 0 Å². The molecule has 0 aromatic heterocycles. The van der Waals surface area contributed by atoms with Crippen LogP contribution < -0.4 is 32.3 Å². The molecule has 6 amide bonds. The highest BCUT2D eigenvalue weighted by Crippen LogP contribution is 2.15. The van der Waals surface area contributed by atoms with E-state index in [1.165, 1.54) is 48.5 Å². The number of carbonyl (C=O) groups is 6. The first-order valence-electron chi connectivity index (χ1n) is 15.3. The number of hydrogen-bond acceptors (Lipinski definition) is 6. The summed E-state index contributed by atoms with van der Waals surface area (Å²) < 4.78 is 0. The van der Waals surface area contributed by atoms with Gasteiger partial charge >= 0.3 is 0 Å². The maximum Gasteiger partial charge on any atom is 0.269 e. The lowest BCUT2D eigenvalue weighted by molar-refractivity contribution is 0.0844. The van der Waals surface area contributed by atoms with Gasteiger partial charge in [0.2, 0.25) is 0 Å². The average molecular weight is 669 g/mol. The Morgan fingerprint density at radius 2 is 0.600 bits per heavy atom. The number of benzene rings is 5. The van der Waals surface area contributed by atoms with Crippen molar-refractivity contribution in [2.45, 2.75) is 13.8 Å². The molecule has 0 atom stereocenters. The minimum Gasteiger partial charge on any atom is -0.322 e. The third kappa shape index (κ3) is 8.63. The van der Waals surface area contributed by atoms with Crippen LogP contribution in [-0.4, -0.2) is 35.4 Å². The van der Waals surface area contributed by atoms with Crippen LogP contribution >= 0.6 is 0 Å². The average Bonchev–Trinajstić information content (AvgIpc) is 3.13. The molecule has 5 aromatic rings. The molecule has 0 heterocycles. The van der Waals surface area contributed by atoms with Gasteiger partial charge in [-0.3, -0.25) is 50.5 Å². The van der Waals surface area contributed by atoms with Crippen LogP contribution in [0.3, 0.4) is 0 Å². The first-order chi connectivity index (χ1) is 24.1. The molecule has 0 fully saturated rings. The van der Waals surface area contributed by atoms with E-state index in [4.69, 9.17) is 0 Å². The minimum absolute atomic E-state index is 0.162. The summed E-state index contributed by atoms with van der Waals surface area (Å²) in [6, 6.07) is 32.2. The molecular weight excluding hydrogens is 636 g/mol. The molecule has 0 aliphatic rings. The normalized spacial score (nSPS) is 10.3. The fourth-order valence-corrected chi connectivity index (χ4v) is 4.75. The number of nitrogens with one attached hydrogen (secondary N) is 6. The second-order valence-corrected chi connectivity index (χ2v) is 11.1. The monoisotopic (exact) mass is 668 g/mol. The molecule has 0 saturated carbocycles. The summed E-state index contributed by atoms with van der Waals surface area (Å²) in [6.07, 6.45) is 0. The van der Waals surface area contributed by atoms with Gasteiger partial charge in [0.1, 0.15) is 0 Å². The van der Waals surface area contributed by atoms with E-state index in [0.29, 0.717) is 22.5 Å². The highest BCUT2D eigenvalue weighted by atomic mass is 16.2. The van der Waals surface area contributed by atoms with Crippen LogP contribution in [0.1, 0.15) is 73.3 Å². The summed E-state index contributed by atoms with van der Waals surface area (Å²) in [4.78, 5) is 75.3. The van der Waals surface area contributed by atoms with E-state index >= 15 is 0 Å². The van der Waals surface area contributed by atoms with Gasteiger partial charge in [0.15, 0.2) is 0 Å². The molecule has 5 aromatic carbocycles. The molecular formula is C38H32N6O6. The molecule has 0 aliphatic carbocycles. The molecule has 5 rings (SSSR count). The van der Waals surface area contributed by atoms with Crippen LogP contribution in [0.5, 0.6) is 0 Å². The van der Waals surface area contributed by atoms with Gasteiger partial charge in [0, 0.05) is 44.8 Å². The highest BCUT2D eigenvalue weighted by Gasteiger charge is 2.14. The van der Waals surface area contributed by atoms with Crippen molar-refractivity contribution in [3.8, 4) is 0 Å². The smallest absolute Gasteiger partial charge is 0.269 e. The number of rotatable bonds is 8. The van der Waals surface area contributed by atoms with Gasteiger partial charge in [-0.15, -0.1) is 0 Å². The van der Waals surface area contributed by atoms with Crippen molar-refractivity contribution in [3.63, 3.8) is 0 Å². The van der Waals surface area contributed by atoms with Gasteiger partial charge < -0.3 is 10.6 Å². The van der Waals surface area contributed by atoms with E-state index < -0.39 is 23.6 Å². The number of hydrazine groups is 2. The second-order valence-electron chi connectivity index (χ2n) is 11.1. The molecule has 50 heavy (non-hydrogen) atoms. The summed E-state index contributed by atoms with van der Waals surface area (Å²) in [5.74, 6) is -2.96.